The van der Waals surface area contributed by atoms with Crippen molar-refractivity contribution in [3.8, 4) is 11.3 Å². The van der Waals surface area contributed by atoms with Crippen LogP contribution < -0.4 is 0 Å². The maximum Gasteiger partial charge on any atom is 0.328 e. The summed E-state index contributed by atoms with van der Waals surface area (Å²) >= 11 is 1.68. The molecule has 0 spiro atoms. The van der Waals surface area contributed by atoms with Crippen LogP contribution in [0.15, 0.2) is 59.6 Å². The highest BCUT2D eigenvalue weighted by molar-refractivity contribution is 7.98. The second-order valence-electron chi connectivity index (χ2n) is 8.60. The summed E-state index contributed by atoms with van der Waals surface area (Å²) in [6.07, 6.45) is 6.72. The number of piperidine rings is 1. The van der Waals surface area contributed by atoms with Gasteiger partial charge in [-0.05, 0) is 55.2 Å². The van der Waals surface area contributed by atoms with Gasteiger partial charge in [-0.2, -0.15) is 0 Å². The van der Waals surface area contributed by atoms with Crippen LogP contribution in [0.4, 0.5) is 0 Å². The van der Waals surface area contributed by atoms with Crippen molar-refractivity contribution >= 4 is 23.6 Å². The molecule has 8 heteroatoms. The molecule has 3 atom stereocenters. The molecule has 1 amide bonds. The zero-order chi connectivity index (χ0) is 22.9. The van der Waals surface area contributed by atoms with E-state index in [1.54, 1.807) is 21.3 Å². The second kappa shape index (κ2) is 9.02. The third kappa shape index (κ3) is 4.04. The number of esters is 1. The Balaban J connectivity index is 1.40. The molecular formula is C25H26N4O3S. The number of hydrogen-bond acceptors (Lipinski definition) is 6. The van der Waals surface area contributed by atoms with Gasteiger partial charge in [0.15, 0.2) is 0 Å². The van der Waals surface area contributed by atoms with Crippen LogP contribution in [0, 0.1) is 5.92 Å². The van der Waals surface area contributed by atoms with Crippen molar-refractivity contribution in [3.05, 3.63) is 65.9 Å². The van der Waals surface area contributed by atoms with E-state index in [2.05, 4.69) is 22.4 Å². The van der Waals surface area contributed by atoms with Crippen LogP contribution in [-0.4, -0.2) is 57.2 Å². The van der Waals surface area contributed by atoms with Crippen molar-refractivity contribution in [1.82, 2.24) is 19.9 Å². The average Bonchev–Trinajstić information content (AvgIpc) is 3.60. The van der Waals surface area contributed by atoms with Crippen molar-refractivity contribution in [1.29, 1.82) is 0 Å². The smallest absolute Gasteiger partial charge is 0.328 e. The molecule has 1 aliphatic heterocycles. The van der Waals surface area contributed by atoms with Crippen LogP contribution in [0.1, 0.15) is 35.2 Å². The Morgan fingerprint density at radius 1 is 1.15 bits per heavy atom. The van der Waals surface area contributed by atoms with Crippen LogP contribution in [0.25, 0.3) is 11.3 Å². The number of methoxy groups -OCH3 is 1. The first kappa shape index (κ1) is 21.7. The van der Waals surface area contributed by atoms with Gasteiger partial charge in [0, 0.05) is 22.1 Å². The van der Waals surface area contributed by atoms with E-state index in [0.29, 0.717) is 12.1 Å². The Morgan fingerprint density at radius 2 is 2.00 bits per heavy atom. The molecule has 2 aromatic carbocycles. The molecule has 1 aromatic heterocycles. The summed E-state index contributed by atoms with van der Waals surface area (Å²) in [5.74, 6) is -0.240. The lowest BCUT2D eigenvalue weighted by atomic mass is 9.97. The Kier molecular flexibility index (Phi) is 5.93. The number of nitrogens with zero attached hydrogens (tertiary/aromatic N) is 4. The molecule has 2 aliphatic rings. The van der Waals surface area contributed by atoms with E-state index >= 15 is 0 Å². The second-order valence-corrected chi connectivity index (χ2v) is 9.48. The van der Waals surface area contributed by atoms with Crippen LogP contribution in [0.5, 0.6) is 0 Å². The molecular weight excluding hydrogens is 436 g/mol. The van der Waals surface area contributed by atoms with Gasteiger partial charge in [-0.1, -0.05) is 35.5 Å². The summed E-state index contributed by atoms with van der Waals surface area (Å²) in [6.45, 7) is 0.419. The molecule has 2 heterocycles. The summed E-state index contributed by atoms with van der Waals surface area (Å²) in [6, 6.07) is 15.3. The lowest BCUT2D eigenvalue weighted by Gasteiger charge is -2.34. The fourth-order valence-corrected chi connectivity index (χ4v) is 5.63. The zero-order valence-corrected chi connectivity index (χ0v) is 19.5. The number of amides is 1. The molecule has 3 unspecified atom stereocenters. The number of hydrogen-bond donors (Lipinski definition) is 0. The predicted molar refractivity (Wildman–Crippen MR) is 126 cm³/mol. The molecule has 170 valence electrons. The van der Waals surface area contributed by atoms with Crippen LogP contribution in [0.2, 0.25) is 0 Å². The lowest BCUT2D eigenvalue weighted by Crippen LogP contribution is -2.49. The number of thioether (sulfide) groups is 1. The van der Waals surface area contributed by atoms with E-state index in [0.717, 1.165) is 41.0 Å². The van der Waals surface area contributed by atoms with E-state index in [4.69, 9.17) is 4.74 Å². The van der Waals surface area contributed by atoms with Gasteiger partial charge in [0.25, 0.3) is 5.91 Å². The Morgan fingerprint density at radius 3 is 2.82 bits per heavy atom. The first-order chi connectivity index (χ1) is 16.1. The van der Waals surface area contributed by atoms with Gasteiger partial charge in [0.05, 0.1) is 19.9 Å². The molecule has 0 N–H and O–H groups in total. The molecule has 2 fully saturated rings. The number of fused-ring (bicyclic) bond motifs is 2. The number of rotatable bonds is 6. The van der Waals surface area contributed by atoms with Crippen LogP contribution >= 0.6 is 11.8 Å². The summed E-state index contributed by atoms with van der Waals surface area (Å²) in [5.41, 5.74) is 3.24. The SMILES string of the molecule is COC(=O)C1C2CCC(C2)N1C(=O)c1ccccc1Cn1cc(-c2cccc(SC)c2)nn1. The van der Waals surface area contributed by atoms with E-state index in [-0.39, 0.29) is 23.8 Å². The lowest BCUT2D eigenvalue weighted by molar-refractivity contribution is -0.147. The first-order valence-corrected chi connectivity index (χ1v) is 12.3. The third-order valence-electron chi connectivity index (χ3n) is 6.75. The van der Waals surface area contributed by atoms with Gasteiger partial charge in [0.1, 0.15) is 11.7 Å². The third-order valence-corrected chi connectivity index (χ3v) is 7.47. The number of aromatic nitrogens is 3. The minimum Gasteiger partial charge on any atom is -0.467 e. The molecule has 2 bridgehead atoms. The van der Waals surface area contributed by atoms with Crippen molar-refractivity contribution in [3.63, 3.8) is 0 Å². The quantitative estimate of drug-likeness (QED) is 0.409. The highest BCUT2D eigenvalue weighted by Gasteiger charge is 2.52. The molecule has 1 saturated heterocycles. The number of carbonyl (C=O) groups excluding carboxylic acids is 2. The molecule has 7 nitrogen and oxygen atoms in total. The largest absolute Gasteiger partial charge is 0.467 e. The fourth-order valence-electron chi connectivity index (χ4n) is 5.17. The monoisotopic (exact) mass is 462 g/mol. The van der Waals surface area contributed by atoms with Crippen LogP contribution in [0.3, 0.4) is 0 Å². The standard InChI is InChI=1S/C25H26N4O3S/c1-32-25(31)23-17-10-11-19(12-17)29(23)24(30)21-9-4-3-6-18(21)14-28-15-22(26-27-28)16-7-5-8-20(13-16)33-2/h3-9,13,15,17,19,23H,10-12,14H2,1-2H3. The number of benzene rings is 2. The van der Waals surface area contributed by atoms with E-state index in [1.807, 2.05) is 48.9 Å². The minimum absolute atomic E-state index is 0.0985. The van der Waals surface area contributed by atoms with Crippen molar-refractivity contribution in [2.75, 3.05) is 13.4 Å². The Labute approximate surface area is 197 Å². The average molecular weight is 463 g/mol. The summed E-state index contributed by atoms with van der Waals surface area (Å²) in [7, 11) is 1.39. The number of carbonyl (C=O) groups is 2. The van der Waals surface area contributed by atoms with Gasteiger partial charge < -0.3 is 9.64 Å². The maximum atomic E-state index is 13.6. The van der Waals surface area contributed by atoms with Crippen molar-refractivity contribution < 1.29 is 14.3 Å². The van der Waals surface area contributed by atoms with Crippen molar-refractivity contribution in [2.24, 2.45) is 5.92 Å². The molecule has 1 saturated carbocycles. The maximum absolute atomic E-state index is 13.6. The van der Waals surface area contributed by atoms with Gasteiger partial charge in [0.2, 0.25) is 0 Å². The van der Waals surface area contributed by atoms with Gasteiger partial charge >= 0.3 is 5.97 Å². The van der Waals surface area contributed by atoms with Crippen molar-refractivity contribution in [2.45, 2.75) is 42.8 Å². The highest BCUT2D eigenvalue weighted by Crippen LogP contribution is 2.43. The first-order valence-electron chi connectivity index (χ1n) is 11.1. The van der Waals surface area contributed by atoms with E-state index < -0.39 is 6.04 Å². The summed E-state index contributed by atoms with van der Waals surface area (Å²) < 4.78 is 6.78. The van der Waals surface area contributed by atoms with Crippen LogP contribution in [-0.2, 0) is 16.1 Å². The normalized spacial score (nSPS) is 21.4. The van der Waals surface area contributed by atoms with Gasteiger partial charge in [-0.3, -0.25) is 4.79 Å². The zero-order valence-electron chi connectivity index (χ0n) is 18.7. The number of ether oxygens (including phenoxy) is 1. The molecule has 5 rings (SSSR count). The molecule has 0 radical (unpaired) electrons. The topological polar surface area (TPSA) is 77.3 Å². The summed E-state index contributed by atoms with van der Waals surface area (Å²) in [4.78, 5) is 29.0. The fraction of sp³-hybridized carbons (Fsp3) is 0.360. The van der Waals surface area contributed by atoms with E-state index in [9.17, 15) is 9.59 Å². The van der Waals surface area contributed by atoms with Gasteiger partial charge in [-0.25, -0.2) is 9.48 Å². The minimum atomic E-state index is -0.490. The van der Waals surface area contributed by atoms with Gasteiger partial charge in [-0.15, -0.1) is 16.9 Å². The predicted octanol–water partition coefficient (Wildman–Crippen LogP) is 3.88. The molecule has 3 aromatic rings. The van der Waals surface area contributed by atoms with E-state index in [1.165, 1.54) is 7.11 Å². The Hall–Kier alpha value is -3.13. The Bertz CT molecular complexity index is 1190. The molecule has 1 aliphatic carbocycles. The molecule has 33 heavy (non-hydrogen) atoms. The summed E-state index contributed by atoms with van der Waals surface area (Å²) in [5, 5.41) is 8.63. The highest BCUT2D eigenvalue weighted by atomic mass is 32.2. The number of likely N-dealkylation sites (tertiary alicyclic amines) is 1.